The van der Waals surface area contributed by atoms with Crippen molar-refractivity contribution in [3.05, 3.63) is 56.5 Å². The number of hydrogen-bond donors (Lipinski definition) is 1. The molecule has 0 aromatic heterocycles. The average Bonchev–Trinajstić information content (AvgIpc) is 3.57. The minimum atomic E-state index is -1.01. The molecule has 2 bridgehead atoms. The highest BCUT2D eigenvalue weighted by Crippen LogP contribution is 2.76. The summed E-state index contributed by atoms with van der Waals surface area (Å²) in [6, 6.07) is 0. The van der Waals surface area contributed by atoms with Crippen LogP contribution in [0.25, 0.3) is 10.4 Å². The smallest absolute Gasteiger partial charge is 0.334 e. The van der Waals surface area contributed by atoms with Crippen molar-refractivity contribution in [1.82, 2.24) is 0 Å². The Hall–Kier alpha value is -2.83. The number of hydrogen-bond acceptors (Lipinski definition) is 6. The lowest BCUT2D eigenvalue weighted by molar-refractivity contribution is -0.154. The molecule has 1 N–H and O–H groups in total. The number of esters is 2. The van der Waals surface area contributed by atoms with E-state index in [9.17, 15) is 14.7 Å². The van der Waals surface area contributed by atoms with Crippen LogP contribution < -0.4 is 0 Å². The van der Waals surface area contributed by atoms with E-state index in [-0.39, 0.29) is 41.7 Å². The Morgan fingerprint density at radius 2 is 2.00 bits per heavy atom. The zero-order chi connectivity index (χ0) is 26.8. The van der Waals surface area contributed by atoms with E-state index < -0.39 is 22.5 Å². The number of aliphatic hydroxyl groups is 1. The molecule has 0 aromatic rings. The van der Waals surface area contributed by atoms with E-state index in [0.29, 0.717) is 31.4 Å². The maximum absolute atomic E-state index is 14.2. The van der Waals surface area contributed by atoms with Gasteiger partial charge in [0.25, 0.3) is 0 Å². The summed E-state index contributed by atoms with van der Waals surface area (Å²) >= 11 is 0. The Bertz CT molecular complexity index is 1350. The number of carbonyl (C=O) groups excluding carboxylic acids is 2. The van der Waals surface area contributed by atoms with Crippen LogP contribution in [-0.2, 0) is 19.1 Å². The van der Waals surface area contributed by atoms with Crippen LogP contribution in [-0.4, -0.2) is 41.4 Å². The SMILES string of the molecule is C=C1C(=O)O[C@@H]2C3=C([C@H]4C[C@@]3(C)[C@]3(C4)C(=O)O[C@@H]4[C@H]5C(C)=CCC5=C(CN=[N+]=[N-])CC[C@H]43)[C@@](C)(O)CC[C@@H]12. The van der Waals surface area contributed by atoms with E-state index in [1.807, 2.05) is 6.92 Å². The fourth-order valence-electron chi connectivity index (χ4n) is 10.1. The fourth-order valence-corrected chi connectivity index (χ4v) is 10.1. The lowest BCUT2D eigenvalue weighted by Crippen LogP contribution is -2.50. The molecule has 8 nitrogen and oxygen atoms in total. The van der Waals surface area contributed by atoms with E-state index >= 15 is 0 Å². The van der Waals surface area contributed by atoms with E-state index in [1.165, 1.54) is 16.7 Å². The number of fused-ring (bicyclic) bond motifs is 11. The molecule has 1 saturated carbocycles. The van der Waals surface area contributed by atoms with Crippen molar-refractivity contribution in [2.24, 2.45) is 39.6 Å². The van der Waals surface area contributed by atoms with Crippen molar-refractivity contribution in [3.8, 4) is 0 Å². The average molecular weight is 518 g/mol. The molecule has 0 amide bonds. The van der Waals surface area contributed by atoms with Gasteiger partial charge in [0.2, 0.25) is 0 Å². The first-order chi connectivity index (χ1) is 18.0. The Labute approximate surface area is 222 Å². The molecule has 8 heteroatoms. The summed E-state index contributed by atoms with van der Waals surface area (Å²) in [5.41, 5.74) is 12.7. The van der Waals surface area contributed by atoms with Gasteiger partial charge in [-0.2, -0.15) is 0 Å². The largest absolute Gasteiger partial charge is 0.461 e. The third-order valence-electron chi connectivity index (χ3n) is 11.6. The van der Waals surface area contributed by atoms with Crippen LogP contribution in [0.15, 0.2) is 51.2 Å². The summed E-state index contributed by atoms with van der Waals surface area (Å²) in [5, 5.41) is 15.6. The maximum atomic E-state index is 14.2. The molecule has 2 saturated heterocycles. The van der Waals surface area contributed by atoms with Crippen molar-refractivity contribution in [1.29, 1.82) is 0 Å². The van der Waals surface area contributed by atoms with Crippen LogP contribution in [0.4, 0.5) is 0 Å². The molecule has 7 rings (SSSR count). The second kappa shape index (κ2) is 7.64. The third kappa shape index (κ3) is 2.73. The maximum Gasteiger partial charge on any atom is 0.334 e. The summed E-state index contributed by atoms with van der Waals surface area (Å²) in [6.45, 7) is 10.6. The Morgan fingerprint density at radius 1 is 1.21 bits per heavy atom. The molecule has 9 atom stereocenters. The lowest BCUT2D eigenvalue weighted by atomic mass is 9.53. The highest BCUT2D eigenvalue weighted by Gasteiger charge is 2.77. The molecular formula is C30H35N3O5. The van der Waals surface area contributed by atoms with E-state index in [0.717, 1.165) is 36.8 Å². The summed E-state index contributed by atoms with van der Waals surface area (Å²) in [7, 11) is 0. The minimum Gasteiger partial charge on any atom is -0.461 e. The molecule has 1 spiro atoms. The second-order valence-electron chi connectivity index (χ2n) is 13.2. The summed E-state index contributed by atoms with van der Waals surface area (Å²) in [6.07, 6.45) is 6.42. The normalized spacial score (nSPS) is 46.6. The van der Waals surface area contributed by atoms with Gasteiger partial charge in [0.05, 0.1) is 11.0 Å². The first-order valence-electron chi connectivity index (χ1n) is 14.0. The van der Waals surface area contributed by atoms with E-state index in [1.54, 1.807) is 0 Å². The van der Waals surface area contributed by atoms with Gasteiger partial charge in [0, 0.05) is 40.2 Å². The fraction of sp³-hybridized carbons (Fsp3) is 0.667. The van der Waals surface area contributed by atoms with Crippen LogP contribution in [0, 0.1) is 34.5 Å². The van der Waals surface area contributed by atoms with Crippen LogP contribution in [0.2, 0.25) is 0 Å². The number of ether oxygens (including phenoxy) is 2. The molecule has 3 fully saturated rings. The van der Waals surface area contributed by atoms with E-state index in [4.69, 9.17) is 15.0 Å². The molecule has 38 heavy (non-hydrogen) atoms. The van der Waals surface area contributed by atoms with Crippen LogP contribution in [0.3, 0.4) is 0 Å². The lowest BCUT2D eigenvalue weighted by Gasteiger charge is -2.48. The molecular weight excluding hydrogens is 482 g/mol. The van der Waals surface area contributed by atoms with Gasteiger partial charge in [-0.1, -0.05) is 41.4 Å². The number of carbonyl (C=O) groups is 2. The Kier molecular flexibility index (Phi) is 4.87. The molecule has 7 aliphatic rings. The molecule has 200 valence electrons. The standard InChI is InChI=1S/C30H35N3O5/c1-14-5-7-19-16(13-32-33-31)6-8-20-25(21(14)19)38-27(35)30(20)12-17-11-28(30,3)23-22(17)29(4,36)10-9-18-15(2)26(34)37-24(18)23/h5,17-18,20-21,24-25,36H,2,6-13H2,1,3-4H3/t17-,18-,20+,21-,24-,25-,28+,29-,30-/m0/s1. The highest BCUT2D eigenvalue weighted by molar-refractivity contribution is 5.92. The van der Waals surface area contributed by atoms with Crippen molar-refractivity contribution >= 4 is 11.9 Å². The number of azide groups is 1. The summed E-state index contributed by atoms with van der Waals surface area (Å²) in [4.78, 5) is 29.9. The zero-order valence-electron chi connectivity index (χ0n) is 22.3. The van der Waals surface area contributed by atoms with Gasteiger partial charge < -0.3 is 14.6 Å². The topological polar surface area (TPSA) is 122 Å². The second-order valence-corrected chi connectivity index (χ2v) is 13.2. The molecule has 0 unspecified atom stereocenters. The first-order valence-corrected chi connectivity index (χ1v) is 14.0. The molecule has 5 aliphatic carbocycles. The van der Waals surface area contributed by atoms with Crippen molar-refractivity contribution in [2.75, 3.05) is 6.54 Å². The van der Waals surface area contributed by atoms with Gasteiger partial charge in [0.1, 0.15) is 12.2 Å². The van der Waals surface area contributed by atoms with Crippen LogP contribution in [0.5, 0.6) is 0 Å². The summed E-state index contributed by atoms with van der Waals surface area (Å²) in [5.74, 6) is -0.637. The molecule has 0 radical (unpaired) electrons. The third-order valence-corrected chi connectivity index (χ3v) is 11.6. The van der Waals surface area contributed by atoms with Crippen molar-refractivity contribution < 1.29 is 24.2 Å². The number of rotatable bonds is 2. The molecule has 2 aliphatic heterocycles. The predicted octanol–water partition coefficient (Wildman–Crippen LogP) is 5.25. The monoisotopic (exact) mass is 517 g/mol. The number of allylic oxidation sites excluding steroid dienone is 1. The van der Waals surface area contributed by atoms with Gasteiger partial charge in [-0.25, -0.2) is 4.79 Å². The zero-order valence-corrected chi connectivity index (χ0v) is 22.3. The van der Waals surface area contributed by atoms with Gasteiger partial charge >= 0.3 is 11.9 Å². The Balaban J connectivity index is 1.37. The van der Waals surface area contributed by atoms with Crippen molar-refractivity contribution in [2.45, 2.75) is 83.5 Å². The highest BCUT2D eigenvalue weighted by atomic mass is 16.6. The molecule has 0 aromatic carbocycles. The van der Waals surface area contributed by atoms with Gasteiger partial charge in [-0.15, -0.1) is 0 Å². The van der Waals surface area contributed by atoms with Crippen molar-refractivity contribution in [3.63, 3.8) is 0 Å². The summed E-state index contributed by atoms with van der Waals surface area (Å²) < 4.78 is 12.4. The van der Waals surface area contributed by atoms with Gasteiger partial charge in [0.15, 0.2) is 0 Å². The first kappa shape index (κ1) is 24.2. The van der Waals surface area contributed by atoms with Gasteiger partial charge in [-0.3, -0.25) is 4.79 Å². The predicted molar refractivity (Wildman–Crippen MR) is 138 cm³/mol. The van der Waals surface area contributed by atoms with Crippen LogP contribution >= 0.6 is 0 Å². The minimum absolute atomic E-state index is 0.0139. The van der Waals surface area contributed by atoms with Gasteiger partial charge in [-0.05, 0) is 81.4 Å². The molecule has 2 heterocycles. The Morgan fingerprint density at radius 3 is 2.76 bits per heavy atom. The quantitative estimate of drug-likeness (QED) is 0.134. The number of nitrogens with zero attached hydrogens (tertiary/aromatic N) is 3. The van der Waals surface area contributed by atoms with Crippen LogP contribution in [0.1, 0.15) is 65.7 Å². The van der Waals surface area contributed by atoms with E-state index in [2.05, 4.69) is 36.5 Å².